The van der Waals surface area contributed by atoms with Crippen LogP contribution in [0.15, 0.2) is 41.6 Å². The Morgan fingerprint density at radius 2 is 1.69 bits per heavy atom. The van der Waals surface area contributed by atoms with Crippen LogP contribution in [0.25, 0.3) is 16.7 Å². The number of aromatic nitrogens is 4. The number of piperidine rings is 2. The Morgan fingerprint density at radius 3 is 2.37 bits per heavy atom. The summed E-state index contributed by atoms with van der Waals surface area (Å²) in [5.74, 6) is 0.400. The molecule has 4 heterocycles. The molecule has 2 aliphatic heterocycles. The quantitative estimate of drug-likeness (QED) is 0.607. The average molecular weight is 477 g/mol. The molecule has 0 radical (unpaired) electrons. The van der Waals surface area contributed by atoms with E-state index in [1.54, 1.807) is 10.9 Å². The van der Waals surface area contributed by atoms with Crippen LogP contribution in [-0.2, 0) is 11.3 Å². The molecule has 0 bridgehead atoms. The summed E-state index contributed by atoms with van der Waals surface area (Å²) in [6, 6.07) is 8.24. The third-order valence-corrected chi connectivity index (χ3v) is 7.77. The molecule has 3 fully saturated rings. The predicted octanol–water partition coefficient (Wildman–Crippen LogP) is 2.34. The molecule has 1 amide bonds. The van der Waals surface area contributed by atoms with Crippen molar-refractivity contribution in [1.82, 2.24) is 24.2 Å². The molecule has 184 valence electrons. The van der Waals surface area contributed by atoms with Crippen molar-refractivity contribution in [3.05, 3.63) is 47.1 Å². The van der Waals surface area contributed by atoms with Gasteiger partial charge in [0.05, 0.1) is 24.0 Å². The second kappa shape index (κ2) is 8.78. The molecule has 9 nitrogen and oxygen atoms in total. The molecular weight excluding hydrogens is 444 g/mol. The van der Waals surface area contributed by atoms with Gasteiger partial charge in [-0.05, 0) is 69.2 Å². The Hall–Kier alpha value is -3.20. The van der Waals surface area contributed by atoms with Crippen LogP contribution in [0.2, 0.25) is 0 Å². The summed E-state index contributed by atoms with van der Waals surface area (Å²) >= 11 is 0. The van der Waals surface area contributed by atoms with Crippen molar-refractivity contribution >= 4 is 22.6 Å². The van der Waals surface area contributed by atoms with Crippen LogP contribution >= 0.6 is 0 Å². The fourth-order valence-corrected chi connectivity index (χ4v) is 5.41. The molecule has 0 unspecified atom stereocenters. The highest BCUT2D eigenvalue weighted by Gasteiger charge is 2.39. The highest BCUT2D eigenvalue weighted by Crippen LogP contribution is 2.33. The number of likely N-dealkylation sites (tertiary alicyclic amines) is 1. The lowest BCUT2D eigenvalue weighted by atomic mass is 9.91. The molecule has 1 N–H and O–H groups in total. The maximum absolute atomic E-state index is 13.2. The zero-order chi connectivity index (χ0) is 24.0. The molecule has 0 spiro atoms. The zero-order valence-corrected chi connectivity index (χ0v) is 20.0. The third kappa shape index (κ3) is 4.33. The predicted molar refractivity (Wildman–Crippen MR) is 133 cm³/mol. The van der Waals surface area contributed by atoms with Crippen LogP contribution in [-0.4, -0.2) is 67.0 Å². The van der Waals surface area contributed by atoms with Crippen molar-refractivity contribution in [1.29, 1.82) is 0 Å². The largest absolute Gasteiger partial charge is 0.388 e. The van der Waals surface area contributed by atoms with Crippen molar-refractivity contribution in [2.24, 2.45) is 5.92 Å². The summed E-state index contributed by atoms with van der Waals surface area (Å²) < 4.78 is 3.17. The van der Waals surface area contributed by atoms with E-state index in [1.807, 2.05) is 17.0 Å². The van der Waals surface area contributed by atoms with E-state index in [-0.39, 0.29) is 23.9 Å². The van der Waals surface area contributed by atoms with Gasteiger partial charge in [-0.3, -0.25) is 14.2 Å². The number of anilines is 1. The van der Waals surface area contributed by atoms with E-state index < -0.39 is 5.60 Å². The lowest BCUT2D eigenvalue weighted by molar-refractivity contribution is -0.137. The van der Waals surface area contributed by atoms with E-state index in [0.717, 1.165) is 31.6 Å². The van der Waals surface area contributed by atoms with Gasteiger partial charge < -0.3 is 14.9 Å². The van der Waals surface area contributed by atoms with E-state index in [1.165, 1.54) is 35.8 Å². The summed E-state index contributed by atoms with van der Waals surface area (Å²) in [7, 11) is 0. The lowest BCUT2D eigenvalue weighted by Crippen LogP contribution is -2.50. The number of carbonyl (C=O) groups excluding carboxylic acids is 1. The smallest absolute Gasteiger partial charge is 0.264 e. The van der Waals surface area contributed by atoms with Crippen molar-refractivity contribution in [3.8, 4) is 5.69 Å². The van der Waals surface area contributed by atoms with Crippen LogP contribution in [0.5, 0.6) is 0 Å². The fraction of sp³-hybridized carbons (Fsp3) is 0.538. The molecule has 1 aliphatic carbocycles. The minimum absolute atomic E-state index is 0.163. The molecule has 0 atom stereocenters. The Kier molecular flexibility index (Phi) is 5.59. The third-order valence-electron chi connectivity index (χ3n) is 7.77. The maximum atomic E-state index is 13.2. The summed E-state index contributed by atoms with van der Waals surface area (Å²) in [5, 5.41) is 16.0. The Labute approximate surface area is 204 Å². The Balaban J connectivity index is 1.19. The number of amides is 1. The summed E-state index contributed by atoms with van der Waals surface area (Å²) in [5.41, 5.74) is 1.33. The first-order chi connectivity index (χ1) is 17.0. The average Bonchev–Trinajstić information content (AvgIpc) is 3.65. The highest BCUT2D eigenvalue weighted by molar-refractivity contribution is 5.81. The molecule has 2 saturated heterocycles. The molecule has 6 rings (SSSR count). The van der Waals surface area contributed by atoms with Gasteiger partial charge in [0.2, 0.25) is 5.91 Å². The van der Waals surface area contributed by atoms with Gasteiger partial charge in [-0.15, -0.1) is 0 Å². The molecule has 2 aromatic heterocycles. The Bertz CT molecular complexity index is 1280. The van der Waals surface area contributed by atoms with Crippen LogP contribution < -0.4 is 10.5 Å². The topological polar surface area (TPSA) is 96.5 Å². The van der Waals surface area contributed by atoms with Gasteiger partial charge in [0.1, 0.15) is 11.7 Å². The number of rotatable bonds is 5. The SMILES string of the molecule is O=C(C1CC1)N1CCC(O)(Cn2cnc3c(cnn3-c3ccc(N4CCCCC4)cc3)c2=O)CC1. The monoisotopic (exact) mass is 476 g/mol. The van der Waals surface area contributed by atoms with Crippen molar-refractivity contribution in [2.75, 3.05) is 31.1 Å². The first-order valence-corrected chi connectivity index (χ1v) is 12.8. The Morgan fingerprint density at radius 1 is 1.00 bits per heavy atom. The van der Waals surface area contributed by atoms with Crippen LogP contribution in [0, 0.1) is 5.92 Å². The van der Waals surface area contributed by atoms with Gasteiger partial charge in [0, 0.05) is 37.8 Å². The van der Waals surface area contributed by atoms with E-state index in [4.69, 9.17) is 0 Å². The minimum atomic E-state index is -1.03. The molecular formula is C26H32N6O3. The van der Waals surface area contributed by atoms with Crippen LogP contribution in [0.4, 0.5) is 5.69 Å². The van der Waals surface area contributed by atoms with Gasteiger partial charge in [-0.1, -0.05) is 0 Å². The number of hydrogen-bond donors (Lipinski definition) is 1. The number of hydrogen-bond acceptors (Lipinski definition) is 6. The molecule has 1 saturated carbocycles. The second-order valence-electron chi connectivity index (χ2n) is 10.4. The molecule has 1 aromatic carbocycles. The minimum Gasteiger partial charge on any atom is -0.388 e. The second-order valence-corrected chi connectivity index (χ2v) is 10.4. The van der Waals surface area contributed by atoms with Gasteiger partial charge in [-0.2, -0.15) is 5.10 Å². The molecule has 35 heavy (non-hydrogen) atoms. The van der Waals surface area contributed by atoms with E-state index in [2.05, 4.69) is 27.1 Å². The van der Waals surface area contributed by atoms with Gasteiger partial charge in [0.15, 0.2) is 5.65 Å². The highest BCUT2D eigenvalue weighted by atomic mass is 16.3. The first-order valence-electron chi connectivity index (χ1n) is 12.8. The van der Waals surface area contributed by atoms with Crippen molar-refractivity contribution in [2.45, 2.75) is 57.1 Å². The molecule has 9 heteroatoms. The molecule has 3 aromatic rings. The first kappa shape index (κ1) is 22.3. The van der Waals surface area contributed by atoms with Gasteiger partial charge in [-0.25, -0.2) is 9.67 Å². The lowest BCUT2D eigenvalue weighted by Gasteiger charge is -2.38. The zero-order valence-electron chi connectivity index (χ0n) is 20.0. The summed E-state index contributed by atoms with van der Waals surface area (Å²) in [6.07, 6.45) is 9.70. The maximum Gasteiger partial charge on any atom is 0.264 e. The number of aliphatic hydroxyl groups is 1. The number of carbonyl (C=O) groups is 1. The van der Waals surface area contributed by atoms with Gasteiger partial charge in [0.25, 0.3) is 5.56 Å². The van der Waals surface area contributed by atoms with Crippen molar-refractivity contribution in [3.63, 3.8) is 0 Å². The number of fused-ring (bicyclic) bond motifs is 1. The molecule has 3 aliphatic rings. The van der Waals surface area contributed by atoms with E-state index in [0.29, 0.717) is 37.0 Å². The van der Waals surface area contributed by atoms with E-state index >= 15 is 0 Å². The van der Waals surface area contributed by atoms with Crippen LogP contribution in [0.3, 0.4) is 0 Å². The standard InChI is InChI=1S/C26H32N6O3/c33-24(19-4-5-19)30-14-10-26(35,11-15-30)17-31-18-27-23-22(25(31)34)16-28-32(23)21-8-6-20(7-9-21)29-12-2-1-3-13-29/h6-9,16,18-19,35H,1-5,10-15,17H2. The van der Waals surface area contributed by atoms with Crippen LogP contribution in [0.1, 0.15) is 44.9 Å². The summed E-state index contributed by atoms with van der Waals surface area (Å²) in [6.45, 7) is 3.40. The number of nitrogens with zero attached hydrogens (tertiary/aromatic N) is 6. The fourth-order valence-electron chi connectivity index (χ4n) is 5.41. The van der Waals surface area contributed by atoms with Gasteiger partial charge >= 0.3 is 0 Å². The normalized spacial score (nSPS) is 20.4. The number of benzene rings is 1. The summed E-state index contributed by atoms with van der Waals surface area (Å²) in [4.78, 5) is 34.3. The van der Waals surface area contributed by atoms with Crippen molar-refractivity contribution < 1.29 is 9.90 Å². The van der Waals surface area contributed by atoms with E-state index in [9.17, 15) is 14.7 Å².